The number of sulfonamides is 1. The van der Waals surface area contributed by atoms with Crippen LogP contribution >= 0.6 is 11.3 Å². The van der Waals surface area contributed by atoms with Crippen LogP contribution in [0.25, 0.3) is 0 Å². The van der Waals surface area contributed by atoms with Crippen LogP contribution in [0.2, 0.25) is 0 Å². The molecular formula is C13H21NO4S2. The molecule has 0 aromatic carbocycles. The van der Waals surface area contributed by atoms with Gasteiger partial charge in [0.1, 0.15) is 0 Å². The number of aliphatic hydroxyl groups is 1. The predicted octanol–water partition coefficient (Wildman–Crippen LogP) is 1.64. The minimum Gasteiger partial charge on any atom is -0.391 e. The third-order valence-electron chi connectivity index (χ3n) is 4.13. The van der Waals surface area contributed by atoms with Gasteiger partial charge < -0.3 is 9.84 Å². The fourth-order valence-electron chi connectivity index (χ4n) is 2.61. The molecule has 1 fully saturated rings. The molecule has 0 radical (unpaired) electrons. The lowest BCUT2D eigenvalue weighted by Gasteiger charge is -2.50. The van der Waals surface area contributed by atoms with Crippen LogP contribution in [0.5, 0.6) is 0 Å². The fraction of sp³-hybridized carbons (Fsp3) is 0.692. The zero-order valence-corrected chi connectivity index (χ0v) is 13.8. The van der Waals surface area contributed by atoms with Crippen LogP contribution in [-0.4, -0.2) is 32.8 Å². The second-order valence-corrected chi connectivity index (χ2v) is 8.77. The molecule has 2 atom stereocenters. The molecule has 1 aromatic heterocycles. The molecule has 2 rings (SSSR count). The maximum Gasteiger partial charge on any atom is 0.241 e. The Hall–Kier alpha value is -0.470. The Labute approximate surface area is 124 Å². The molecule has 0 aliphatic heterocycles. The van der Waals surface area contributed by atoms with Gasteiger partial charge in [-0.25, -0.2) is 13.1 Å². The highest BCUT2D eigenvalue weighted by Crippen LogP contribution is 2.43. The second kappa shape index (κ2) is 5.38. The molecule has 1 heterocycles. The first-order valence-electron chi connectivity index (χ1n) is 6.47. The van der Waals surface area contributed by atoms with E-state index in [0.717, 1.165) is 0 Å². The van der Waals surface area contributed by atoms with Gasteiger partial charge in [0.2, 0.25) is 10.0 Å². The average molecular weight is 319 g/mol. The molecule has 2 unspecified atom stereocenters. The average Bonchev–Trinajstić information content (AvgIpc) is 2.76. The highest BCUT2D eigenvalue weighted by molar-refractivity contribution is 7.89. The predicted molar refractivity (Wildman–Crippen MR) is 78.3 cm³/mol. The number of hydrogen-bond donors (Lipinski definition) is 2. The fourth-order valence-corrected chi connectivity index (χ4v) is 5.51. The Morgan fingerprint density at radius 3 is 2.65 bits per heavy atom. The van der Waals surface area contributed by atoms with Crippen molar-refractivity contribution in [3.63, 3.8) is 0 Å². The van der Waals surface area contributed by atoms with Crippen molar-refractivity contribution in [3.8, 4) is 0 Å². The lowest BCUT2D eigenvalue weighted by atomic mass is 9.65. The van der Waals surface area contributed by atoms with Crippen LogP contribution in [0.15, 0.2) is 11.0 Å². The van der Waals surface area contributed by atoms with Crippen molar-refractivity contribution in [2.45, 2.75) is 50.8 Å². The van der Waals surface area contributed by atoms with Gasteiger partial charge in [-0.1, -0.05) is 13.8 Å². The number of hydrogen-bond acceptors (Lipinski definition) is 5. The van der Waals surface area contributed by atoms with Gasteiger partial charge in [-0.2, -0.15) is 0 Å². The Morgan fingerprint density at radius 2 is 2.20 bits per heavy atom. The Balaban J connectivity index is 2.18. The van der Waals surface area contributed by atoms with Crippen molar-refractivity contribution in [2.24, 2.45) is 5.41 Å². The maximum atomic E-state index is 12.4. The second-order valence-electron chi connectivity index (χ2n) is 5.75. The van der Waals surface area contributed by atoms with E-state index in [4.69, 9.17) is 9.84 Å². The van der Waals surface area contributed by atoms with E-state index in [2.05, 4.69) is 4.72 Å². The van der Waals surface area contributed by atoms with Crippen LogP contribution in [0.1, 0.15) is 30.0 Å². The lowest BCUT2D eigenvalue weighted by Crippen LogP contribution is -2.61. The summed E-state index contributed by atoms with van der Waals surface area (Å²) in [6.07, 6.45) is 0.755. The van der Waals surface area contributed by atoms with Crippen molar-refractivity contribution in [1.29, 1.82) is 0 Å². The first-order valence-corrected chi connectivity index (χ1v) is 8.77. The zero-order valence-electron chi connectivity index (χ0n) is 12.1. The first kappa shape index (κ1) is 15.9. The number of rotatable bonds is 5. The summed E-state index contributed by atoms with van der Waals surface area (Å²) in [6.45, 7) is 5.61. The van der Waals surface area contributed by atoms with Gasteiger partial charge in [-0.05, 0) is 19.4 Å². The molecule has 2 N–H and O–H groups in total. The van der Waals surface area contributed by atoms with Gasteiger partial charge in [0, 0.05) is 28.3 Å². The maximum absolute atomic E-state index is 12.4. The molecule has 5 nitrogen and oxygen atoms in total. The molecule has 1 aliphatic carbocycles. The van der Waals surface area contributed by atoms with E-state index in [1.807, 2.05) is 13.8 Å². The van der Waals surface area contributed by atoms with Gasteiger partial charge >= 0.3 is 0 Å². The van der Waals surface area contributed by atoms with Gasteiger partial charge in [0.05, 0.1) is 17.6 Å². The number of thiophene rings is 1. The van der Waals surface area contributed by atoms with Gasteiger partial charge in [-0.3, -0.25) is 0 Å². The van der Waals surface area contributed by atoms with Crippen LogP contribution in [-0.2, 0) is 21.4 Å². The van der Waals surface area contributed by atoms with Crippen molar-refractivity contribution in [2.75, 3.05) is 7.11 Å². The molecule has 0 amide bonds. The van der Waals surface area contributed by atoms with E-state index >= 15 is 0 Å². The van der Waals surface area contributed by atoms with Crippen molar-refractivity contribution >= 4 is 21.4 Å². The van der Waals surface area contributed by atoms with Crippen molar-refractivity contribution in [3.05, 3.63) is 15.8 Å². The van der Waals surface area contributed by atoms with Crippen LogP contribution in [0, 0.1) is 12.3 Å². The number of ether oxygens (including phenoxy) is 1. The van der Waals surface area contributed by atoms with Crippen molar-refractivity contribution < 1.29 is 18.3 Å². The molecule has 0 bridgehead atoms. The van der Waals surface area contributed by atoms with E-state index in [9.17, 15) is 8.42 Å². The number of nitrogens with one attached hydrogen (secondary N) is 1. The summed E-state index contributed by atoms with van der Waals surface area (Å²) in [4.78, 5) is 1.62. The molecule has 0 saturated heterocycles. The Bertz CT molecular complexity index is 592. The third kappa shape index (κ3) is 2.65. The molecule has 0 spiro atoms. The SMILES string of the molecule is COC1CC(NS(=O)(=O)c2cc(CO)sc2C)C1(C)C. The number of methoxy groups -OCH3 is 1. The smallest absolute Gasteiger partial charge is 0.241 e. The molecular weight excluding hydrogens is 298 g/mol. The highest BCUT2D eigenvalue weighted by Gasteiger charge is 2.50. The summed E-state index contributed by atoms with van der Waals surface area (Å²) in [6, 6.07) is 1.41. The quantitative estimate of drug-likeness (QED) is 0.865. The summed E-state index contributed by atoms with van der Waals surface area (Å²) >= 11 is 1.31. The standard InChI is InChI=1S/C13H21NO4S2/c1-8-10(5-9(7-15)19-8)20(16,17)14-11-6-12(18-4)13(11,2)3/h5,11-12,14-15H,6-7H2,1-4H3. The minimum absolute atomic E-state index is 0.0757. The Kier molecular flexibility index (Phi) is 4.28. The summed E-state index contributed by atoms with van der Waals surface area (Å²) in [7, 11) is -1.90. The lowest BCUT2D eigenvalue weighted by molar-refractivity contribution is -0.0908. The molecule has 20 heavy (non-hydrogen) atoms. The summed E-state index contributed by atoms with van der Waals surface area (Å²) in [5.41, 5.74) is -0.217. The minimum atomic E-state index is -3.55. The van der Waals surface area contributed by atoms with E-state index in [0.29, 0.717) is 16.2 Å². The summed E-state index contributed by atoms with van der Waals surface area (Å²) in [5.74, 6) is 0. The number of aryl methyl sites for hydroxylation is 1. The topological polar surface area (TPSA) is 75.6 Å². The molecule has 1 saturated carbocycles. The normalized spacial score (nSPS) is 25.4. The van der Waals surface area contributed by atoms with Crippen LogP contribution < -0.4 is 4.72 Å². The third-order valence-corrected chi connectivity index (χ3v) is 6.89. The van der Waals surface area contributed by atoms with Crippen LogP contribution in [0.3, 0.4) is 0 Å². The molecule has 7 heteroatoms. The van der Waals surface area contributed by atoms with Gasteiger partial charge in [-0.15, -0.1) is 11.3 Å². The van der Waals surface area contributed by atoms with Gasteiger partial charge in [0.15, 0.2) is 0 Å². The first-order chi connectivity index (χ1) is 9.22. The van der Waals surface area contributed by atoms with Gasteiger partial charge in [0.25, 0.3) is 0 Å². The summed E-state index contributed by atoms with van der Waals surface area (Å²) in [5, 5.41) is 9.11. The van der Waals surface area contributed by atoms with Crippen molar-refractivity contribution in [1.82, 2.24) is 4.72 Å². The van der Waals surface area contributed by atoms with Crippen LogP contribution in [0.4, 0.5) is 0 Å². The molecule has 1 aromatic rings. The van der Waals surface area contributed by atoms with E-state index in [-0.39, 0.29) is 29.1 Å². The monoisotopic (exact) mass is 319 g/mol. The molecule has 114 valence electrons. The van der Waals surface area contributed by atoms with E-state index < -0.39 is 10.0 Å². The van der Waals surface area contributed by atoms with E-state index in [1.54, 1.807) is 20.1 Å². The van der Waals surface area contributed by atoms with E-state index in [1.165, 1.54) is 11.3 Å². The summed E-state index contributed by atoms with van der Waals surface area (Å²) < 4.78 is 33.0. The largest absolute Gasteiger partial charge is 0.391 e. The number of aliphatic hydroxyl groups excluding tert-OH is 1. The zero-order chi connectivity index (χ0) is 15.1. The Morgan fingerprint density at radius 1 is 1.55 bits per heavy atom. The highest BCUT2D eigenvalue weighted by atomic mass is 32.2. The molecule has 1 aliphatic rings.